The highest BCUT2D eigenvalue weighted by atomic mass is 16.3. The molecule has 0 saturated carbocycles. The van der Waals surface area contributed by atoms with Crippen LogP contribution >= 0.6 is 0 Å². The molecule has 25 heavy (non-hydrogen) atoms. The van der Waals surface area contributed by atoms with Gasteiger partial charge >= 0.3 is 6.03 Å². The van der Waals surface area contributed by atoms with Crippen molar-refractivity contribution in [2.24, 2.45) is 0 Å². The summed E-state index contributed by atoms with van der Waals surface area (Å²) in [5, 5.41) is 8.37. The second-order valence-corrected chi connectivity index (χ2v) is 6.41. The fourth-order valence-corrected chi connectivity index (χ4v) is 2.54. The van der Waals surface area contributed by atoms with E-state index >= 15 is 0 Å². The molecule has 3 N–H and O–H groups in total. The second-order valence-electron chi connectivity index (χ2n) is 6.41. The normalized spacial score (nSPS) is 11.9. The Morgan fingerprint density at radius 2 is 1.52 bits per heavy atom. The molecule has 1 atom stereocenters. The minimum Gasteiger partial charge on any atom is -0.466 e. The summed E-state index contributed by atoms with van der Waals surface area (Å²) in [6.45, 7) is 9.35. The van der Waals surface area contributed by atoms with Crippen LogP contribution in [0.1, 0.15) is 43.8 Å². The number of carbonyl (C=O) groups excluding carboxylic acids is 2. The van der Waals surface area contributed by atoms with Crippen molar-refractivity contribution in [1.29, 1.82) is 0 Å². The molecule has 0 spiro atoms. The van der Waals surface area contributed by atoms with Gasteiger partial charge in [-0.25, -0.2) is 4.79 Å². The third-order valence-corrected chi connectivity index (χ3v) is 3.77. The highest BCUT2D eigenvalue weighted by Gasteiger charge is 2.20. The summed E-state index contributed by atoms with van der Waals surface area (Å²) < 4.78 is 5.49. The Morgan fingerprint density at radius 3 is 2.00 bits per heavy atom. The van der Waals surface area contributed by atoms with Crippen LogP contribution in [0.3, 0.4) is 0 Å². The van der Waals surface area contributed by atoms with Crippen LogP contribution in [0.5, 0.6) is 0 Å². The summed E-state index contributed by atoms with van der Waals surface area (Å²) in [4.78, 5) is 24.1. The third-order valence-electron chi connectivity index (χ3n) is 3.77. The van der Waals surface area contributed by atoms with E-state index in [1.54, 1.807) is 24.3 Å². The van der Waals surface area contributed by atoms with Crippen molar-refractivity contribution in [1.82, 2.24) is 5.32 Å². The first-order chi connectivity index (χ1) is 11.8. The van der Waals surface area contributed by atoms with Crippen LogP contribution in [0.2, 0.25) is 0 Å². The van der Waals surface area contributed by atoms with Gasteiger partial charge in [0, 0.05) is 23.0 Å². The average Bonchev–Trinajstić information content (AvgIpc) is 2.86. The molecule has 6 nitrogen and oxygen atoms in total. The Morgan fingerprint density at radius 1 is 0.960 bits per heavy atom. The number of aryl methyl sites for hydroxylation is 2. The molecule has 0 aliphatic carbocycles. The van der Waals surface area contributed by atoms with Crippen molar-refractivity contribution in [2.45, 2.75) is 46.6 Å². The van der Waals surface area contributed by atoms with Crippen LogP contribution < -0.4 is 16.0 Å². The zero-order valence-electron chi connectivity index (χ0n) is 15.3. The molecule has 0 bridgehead atoms. The van der Waals surface area contributed by atoms with Gasteiger partial charge in [-0.3, -0.25) is 4.79 Å². The van der Waals surface area contributed by atoms with E-state index in [9.17, 15) is 9.59 Å². The topological polar surface area (TPSA) is 83.4 Å². The van der Waals surface area contributed by atoms with Crippen molar-refractivity contribution < 1.29 is 14.0 Å². The molecular formula is C19H25N3O3. The molecule has 1 aromatic carbocycles. The van der Waals surface area contributed by atoms with E-state index in [1.807, 2.05) is 40.7 Å². The number of rotatable bonds is 5. The molecule has 0 saturated heterocycles. The molecule has 2 rings (SSSR count). The summed E-state index contributed by atoms with van der Waals surface area (Å²) >= 11 is 0. The molecule has 6 heteroatoms. The van der Waals surface area contributed by atoms with E-state index in [0.717, 1.165) is 17.1 Å². The van der Waals surface area contributed by atoms with Gasteiger partial charge in [0.15, 0.2) is 0 Å². The Kier molecular flexibility index (Phi) is 5.85. The van der Waals surface area contributed by atoms with E-state index in [-0.39, 0.29) is 23.9 Å². The predicted molar refractivity (Wildman–Crippen MR) is 99.0 cm³/mol. The number of anilines is 2. The lowest BCUT2D eigenvalue weighted by Crippen LogP contribution is -2.34. The summed E-state index contributed by atoms with van der Waals surface area (Å²) in [6, 6.07) is 8.69. The summed E-state index contributed by atoms with van der Waals surface area (Å²) in [5.41, 5.74) is 2.22. The maximum absolute atomic E-state index is 12.4. The standard InChI is InChI=1S/C19H25N3O3/c1-11(2)20-19(24)22-16-8-6-15(7-9-16)21-18(23)13(4)17-10-12(3)25-14(17)5/h6-11,13H,1-5H3,(H,21,23)(H2,20,22,24)/t13-/m0/s1. The maximum Gasteiger partial charge on any atom is 0.319 e. The van der Waals surface area contributed by atoms with Crippen molar-refractivity contribution in [3.8, 4) is 0 Å². The number of nitrogens with one attached hydrogen (secondary N) is 3. The first kappa shape index (κ1) is 18.6. The van der Waals surface area contributed by atoms with Gasteiger partial charge in [-0.15, -0.1) is 0 Å². The van der Waals surface area contributed by atoms with Gasteiger partial charge in [-0.1, -0.05) is 0 Å². The number of benzene rings is 1. The van der Waals surface area contributed by atoms with Crippen molar-refractivity contribution in [3.05, 3.63) is 47.4 Å². The summed E-state index contributed by atoms with van der Waals surface area (Å²) in [7, 11) is 0. The van der Waals surface area contributed by atoms with Gasteiger partial charge in [-0.05, 0) is 65.0 Å². The Balaban J connectivity index is 1.97. The number of hydrogen-bond acceptors (Lipinski definition) is 3. The Hall–Kier alpha value is -2.76. The van der Waals surface area contributed by atoms with E-state index in [2.05, 4.69) is 16.0 Å². The van der Waals surface area contributed by atoms with E-state index < -0.39 is 0 Å². The SMILES string of the molecule is Cc1cc([C@H](C)C(=O)Nc2ccc(NC(=O)NC(C)C)cc2)c(C)o1. The quantitative estimate of drug-likeness (QED) is 0.762. The fourth-order valence-electron chi connectivity index (χ4n) is 2.54. The highest BCUT2D eigenvalue weighted by Crippen LogP contribution is 2.24. The van der Waals surface area contributed by atoms with Gasteiger partial charge in [0.2, 0.25) is 5.91 Å². The van der Waals surface area contributed by atoms with E-state index in [4.69, 9.17) is 4.42 Å². The molecule has 0 unspecified atom stereocenters. The maximum atomic E-state index is 12.4. The van der Waals surface area contributed by atoms with Crippen molar-refractivity contribution in [3.63, 3.8) is 0 Å². The molecule has 0 aliphatic rings. The molecular weight excluding hydrogens is 318 g/mol. The molecule has 1 aromatic heterocycles. The van der Waals surface area contributed by atoms with Crippen LogP contribution in [-0.2, 0) is 4.79 Å². The first-order valence-electron chi connectivity index (χ1n) is 8.31. The second kappa shape index (κ2) is 7.88. The zero-order chi connectivity index (χ0) is 18.6. The molecule has 134 valence electrons. The molecule has 0 aliphatic heterocycles. The monoisotopic (exact) mass is 343 g/mol. The Labute approximate surface area is 148 Å². The van der Waals surface area contributed by atoms with Gasteiger partial charge in [0.1, 0.15) is 11.5 Å². The molecule has 1 heterocycles. The van der Waals surface area contributed by atoms with Crippen LogP contribution in [0.25, 0.3) is 0 Å². The highest BCUT2D eigenvalue weighted by molar-refractivity contribution is 5.96. The van der Waals surface area contributed by atoms with Crippen LogP contribution in [0.4, 0.5) is 16.2 Å². The lowest BCUT2D eigenvalue weighted by atomic mass is 10.0. The van der Waals surface area contributed by atoms with Crippen LogP contribution in [-0.4, -0.2) is 18.0 Å². The fraction of sp³-hybridized carbons (Fsp3) is 0.368. The lowest BCUT2D eigenvalue weighted by Gasteiger charge is -2.13. The molecule has 0 radical (unpaired) electrons. The largest absolute Gasteiger partial charge is 0.466 e. The van der Waals surface area contributed by atoms with E-state index in [1.165, 1.54) is 0 Å². The number of carbonyl (C=O) groups is 2. The average molecular weight is 343 g/mol. The molecule has 3 amide bonds. The number of amides is 3. The van der Waals surface area contributed by atoms with Crippen LogP contribution in [0, 0.1) is 13.8 Å². The van der Waals surface area contributed by atoms with Crippen LogP contribution in [0.15, 0.2) is 34.7 Å². The smallest absolute Gasteiger partial charge is 0.319 e. The summed E-state index contributed by atoms with van der Waals surface area (Å²) in [6.07, 6.45) is 0. The minimum atomic E-state index is -0.313. The van der Waals surface area contributed by atoms with Gasteiger partial charge in [0.05, 0.1) is 5.92 Å². The number of urea groups is 1. The number of furan rings is 1. The van der Waals surface area contributed by atoms with Crippen molar-refractivity contribution >= 4 is 23.3 Å². The Bertz CT molecular complexity index is 748. The van der Waals surface area contributed by atoms with Gasteiger partial charge in [0.25, 0.3) is 0 Å². The minimum absolute atomic E-state index is 0.0649. The summed E-state index contributed by atoms with van der Waals surface area (Å²) in [5.74, 6) is 1.13. The lowest BCUT2D eigenvalue weighted by molar-refractivity contribution is -0.117. The van der Waals surface area contributed by atoms with E-state index in [0.29, 0.717) is 11.4 Å². The third kappa shape index (κ3) is 5.11. The number of hydrogen-bond donors (Lipinski definition) is 3. The van der Waals surface area contributed by atoms with Gasteiger partial charge in [-0.2, -0.15) is 0 Å². The molecule has 0 fully saturated rings. The molecule has 2 aromatic rings. The van der Waals surface area contributed by atoms with Gasteiger partial charge < -0.3 is 20.4 Å². The zero-order valence-corrected chi connectivity index (χ0v) is 15.3. The van der Waals surface area contributed by atoms with Crippen molar-refractivity contribution in [2.75, 3.05) is 10.6 Å². The predicted octanol–water partition coefficient (Wildman–Crippen LogP) is 4.17. The first-order valence-corrected chi connectivity index (χ1v) is 8.31.